The summed E-state index contributed by atoms with van der Waals surface area (Å²) >= 11 is 1.71. The normalized spacial score (nSPS) is 15.8. The van der Waals surface area contributed by atoms with Gasteiger partial charge < -0.3 is 20.1 Å². The number of ether oxygens (including phenoxy) is 2. The number of benzene rings is 1. The summed E-state index contributed by atoms with van der Waals surface area (Å²) in [6.07, 6.45) is -0.461. The van der Waals surface area contributed by atoms with Crippen LogP contribution in [0, 0.1) is 0 Å². The average molecular weight is 446 g/mol. The SMILES string of the molecule is CC(C)(C)OC(=O)NCc1ccc(C(=O)NCC(c2cccs2)N2CCOCC2)cc1. The van der Waals surface area contributed by atoms with Crippen LogP contribution in [-0.4, -0.2) is 55.3 Å². The number of nitrogens with one attached hydrogen (secondary N) is 2. The minimum atomic E-state index is -0.534. The molecule has 0 bridgehead atoms. The number of carbonyl (C=O) groups excluding carboxylic acids is 2. The van der Waals surface area contributed by atoms with Gasteiger partial charge in [0.1, 0.15) is 5.60 Å². The molecule has 1 aliphatic heterocycles. The lowest BCUT2D eigenvalue weighted by Gasteiger charge is -2.34. The van der Waals surface area contributed by atoms with Crippen LogP contribution in [0.3, 0.4) is 0 Å². The summed E-state index contributed by atoms with van der Waals surface area (Å²) in [4.78, 5) is 28.1. The van der Waals surface area contributed by atoms with Crippen LogP contribution >= 0.6 is 11.3 Å². The molecule has 2 heterocycles. The van der Waals surface area contributed by atoms with E-state index in [1.54, 1.807) is 23.5 Å². The molecule has 2 amide bonds. The summed E-state index contributed by atoms with van der Waals surface area (Å²) in [5.74, 6) is -0.110. The van der Waals surface area contributed by atoms with Crippen molar-refractivity contribution in [2.24, 2.45) is 0 Å². The number of alkyl carbamates (subject to hydrolysis) is 1. The quantitative estimate of drug-likeness (QED) is 0.681. The van der Waals surface area contributed by atoms with Crippen molar-refractivity contribution in [1.82, 2.24) is 15.5 Å². The van der Waals surface area contributed by atoms with E-state index in [1.165, 1.54) is 4.88 Å². The van der Waals surface area contributed by atoms with Crippen molar-refractivity contribution < 1.29 is 19.1 Å². The molecule has 31 heavy (non-hydrogen) atoms. The third-order valence-corrected chi connectivity index (χ3v) is 5.84. The molecule has 7 nitrogen and oxygen atoms in total. The van der Waals surface area contributed by atoms with E-state index in [-0.39, 0.29) is 11.9 Å². The van der Waals surface area contributed by atoms with Crippen LogP contribution < -0.4 is 10.6 Å². The zero-order valence-electron chi connectivity index (χ0n) is 18.3. The van der Waals surface area contributed by atoms with Gasteiger partial charge >= 0.3 is 6.09 Å². The molecule has 168 valence electrons. The monoisotopic (exact) mass is 445 g/mol. The number of nitrogens with zero attached hydrogens (tertiary/aromatic N) is 1. The van der Waals surface area contributed by atoms with Gasteiger partial charge in [0.2, 0.25) is 0 Å². The first-order valence-electron chi connectivity index (χ1n) is 10.5. The van der Waals surface area contributed by atoms with E-state index >= 15 is 0 Å². The van der Waals surface area contributed by atoms with Crippen LogP contribution in [-0.2, 0) is 16.0 Å². The Labute approximate surface area is 187 Å². The van der Waals surface area contributed by atoms with Crippen LogP contribution in [0.4, 0.5) is 4.79 Å². The van der Waals surface area contributed by atoms with Crippen molar-refractivity contribution in [2.75, 3.05) is 32.8 Å². The topological polar surface area (TPSA) is 79.9 Å². The number of hydrogen-bond donors (Lipinski definition) is 2. The summed E-state index contributed by atoms with van der Waals surface area (Å²) < 4.78 is 10.7. The maximum atomic E-state index is 12.7. The van der Waals surface area contributed by atoms with Gasteiger partial charge in [-0.25, -0.2) is 4.79 Å². The molecule has 0 spiro atoms. The number of rotatable bonds is 7. The second-order valence-corrected chi connectivity index (χ2v) is 9.42. The summed E-state index contributed by atoms with van der Waals surface area (Å²) in [7, 11) is 0. The van der Waals surface area contributed by atoms with Gasteiger partial charge in [0.05, 0.1) is 19.3 Å². The van der Waals surface area contributed by atoms with Crippen molar-refractivity contribution in [3.05, 3.63) is 57.8 Å². The van der Waals surface area contributed by atoms with Gasteiger partial charge in [0.25, 0.3) is 5.91 Å². The lowest BCUT2D eigenvalue weighted by Crippen LogP contribution is -2.43. The van der Waals surface area contributed by atoms with Gasteiger partial charge in [0.15, 0.2) is 0 Å². The Kier molecular flexibility index (Phi) is 8.06. The number of thiophene rings is 1. The Balaban J connectivity index is 1.53. The van der Waals surface area contributed by atoms with Crippen LogP contribution in [0.5, 0.6) is 0 Å². The molecule has 0 saturated carbocycles. The average Bonchev–Trinajstić information content (AvgIpc) is 3.27. The number of amides is 2. The van der Waals surface area contributed by atoms with Gasteiger partial charge in [-0.3, -0.25) is 9.69 Å². The Morgan fingerprint density at radius 2 is 1.84 bits per heavy atom. The summed E-state index contributed by atoms with van der Waals surface area (Å²) in [6.45, 7) is 9.50. The molecule has 1 atom stereocenters. The highest BCUT2D eigenvalue weighted by Gasteiger charge is 2.24. The van der Waals surface area contributed by atoms with Crippen LogP contribution in [0.2, 0.25) is 0 Å². The van der Waals surface area contributed by atoms with E-state index in [0.717, 1.165) is 18.7 Å². The lowest BCUT2D eigenvalue weighted by molar-refractivity contribution is 0.0169. The maximum absolute atomic E-state index is 12.7. The van der Waals surface area contributed by atoms with Crippen molar-refractivity contribution in [3.63, 3.8) is 0 Å². The third-order valence-electron chi connectivity index (χ3n) is 4.87. The van der Waals surface area contributed by atoms with E-state index in [9.17, 15) is 9.59 Å². The van der Waals surface area contributed by atoms with Crippen molar-refractivity contribution >= 4 is 23.3 Å². The molecule has 2 aromatic rings. The van der Waals surface area contributed by atoms with Crippen LogP contribution in [0.15, 0.2) is 41.8 Å². The highest BCUT2D eigenvalue weighted by atomic mass is 32.1. The number of morpholine rings is 1. The van der Waals surface area contributed by atoms with Gasteiger partial charge in [0, 0.05) is 36.6 Å². The van der Waals surface area contributed by atoms with Gasteiger partial charge in [-0.2, -0.15) is 0 Å². The maximum Gasteiger partial charge on any atom is 0.407 e. The van der Waals surface area contributed by atoms with Crippen molar-refractivity contribution in [1.29, 1.82) is 0 Å². The smallest absolute Gasteiger partial charge is 0.407 e. The van der Waals surface area contributed by atoms with Crippen LogP contribution in [0.1, 0.15) is 47.6 Å². The first-order valence-corrected chi connectivity index (χ1v) is 11.4. The summed E-state index contributed by atoms with van der Waals surface area (Å²) in [6, 6.07) is 11.5. The Morgan fingerprint density at radius 3 is 2.45 bits per heavy atom. The summed E-state index contributed by atoms with van der Waals surface area (Å²) in [5.41, 5.74) is 0.953. The molecule has 0 aliphatic carbocycles. The fourth-order valence-corrected chi connectivity index (χ4v) is 4.19. The second kappa shape index (κ2) is 10.7. The van der Waals surface area contributed by atoms with E-state index < -0.39 is 11.7 Å². The molecule has 1 unspecified atom stereocenters. The predicted octanol–water partition coefficient (Wildman–Crippen LogP) is 3.58. The fourth-order valence-electron chi connectivity index (χ4n) is 3.33. The summed E-state index contributed by atoms with van der Waals surface area (Å²) in [5, 5.41) is 7.86. The number of hydrogen-bond acceptors (Lipinski definition) is 6. The first kappa shape index (κ1) is 23.2. The molecule has 1 aromatic carbocycles. The number of carbonyl (C=O) groups is 2. The molecular formula is C23H31N3O4S. The van der Waals surface area contributed by atoms with E-state index in [2.05, 4.69) is 27.0 Å². The Hall–Kier alpha value is -2.42. The van der Waals surface area contributed by atoms with Gasteiger partial charge in [-0.15, -0.1) is 11.3 Å². The highest BCUT2D eigenvalue weighted by Crippen LogP contribution is 2.25. The highest BCUT2D eigenvalue weighted by molar-refractivity contribution is 7.10. The molecule has 1 saturated heterocycles. The van der Waals surface area contributed by atoms with E-state index in [1.807, 2.05) is 39.0 Å². The second-order valence-electron chi connectivity index (χ2n) is 8.44. The molecular weight excluding hydrogens is 414 g/mol. The standard InChI is InChI=1S/C23H31N3O4S/c1-23(2,3)30-22(28)25-15-17-6-8-18(9-7-17)21(27)24-16-19(20-5-4-14-31-20)26-10-12-29-13-11-26/h4-9,14,19H,10-13,15-16H2,1-3H3,(H,24,27)(H,25,28). The van der Waals surface area contributed by atoms with Gasteiger partial charge in [-0.05, 0) is 49.9 Å². The molecule has 1 aromatic heterocycles. The fraction of sp³-hybridized carbons (Fsp3) is 0.478. The molecule has 8 heteroatoms. The van der Waals surface area contributed by atoms with Crippen molar-refractivity contribution in [2.45, 2.75) is 39.0 Å². The largest absolute Gasteiger partial charge is 0.444 e. The lowest BCUT2D eigenvalue weighted by atomic mass is 10.1. The van der Waals surface area contributed by atoms with Crippen LogP contribution in [0.25, 0.3) is 0 Å². The third kappa shape index (κ3) is 7.34. The predicted molar refractivity (Wildman–Crippen MR) is 121 cm³/mol. The minimum Gasteiger partial charge on any atom is -0.444 e. The van der Waals surface area contributed by atoms with E-state index in [4.69, 9.17) is 9.47 Å². The zero-order valence-corrected chi connectivity index (χ0v) is 19.2. The van der Waals surface area contributed by atoms with Crippen molar-refractivity contribution in [3.8, 4) is 0 Å². The Morgan fingerprint density at radius 1 is 1.13 bits per heavy atom. The molecule has 1 fully saturated rings. The Bertz CT molecular complexity index is 841. The van der Waals surface area contributed by atoms with Gasteiger partial charge in [-0.1, -0.05) is 18.2 Å². The molecule has 0 radical (unpaired) electrons. The van der Waals surface area contributed by atoms with E-state index in [0.29, 0.717) is 31.9 Å². The first-order chi connectivity index (χ1) is 14.8. The molecule has 3 rings (SSSR count). The zero-order chi connectivity index (χ0) is 22.3. The molecule has 2 N–H and O–H groups in total. The minimum absolute atomic E-state index is 0.110. The molecule has 1 aliphatic rings.